The van der Waals surface area contributed by atoms with Gasteiger partial charge in [0.1, 0.15) is 5.82 Å². The van der Waals surface area contributed by atoms with E-state index >= 15 is 0 Å². The fraction of sp³-hybridized carbons (Fsp3) is 0.238. The maximum absolute atomic E-state index is 13.0. The fourth-order valence-electron chi connectivity index (χ4n) is 3.00. The lowest BCUT2D eigenvalue weighted by molar-refractivity contribution is -0.131. The molecule has 0 radical (unpaired) electrons. The Balaban J connectivity index is 1.88. The van der Waals surface area contributed by atoms with Gasteiger partial charge in [0.25, 0.3) is 5.91 Å². The molecule has 1 aliphatic rings. The smallest absolute Gasteiger partial charge is 0.288 e. The second-order valence-electron chi connectivity index (χ2n) is 6.52. The zero-order valence-electron chi connectivity index (χ0n) is 15.6. The molecule has 0 bridgehead atoms. The molecule has 0 aromatic heterocycles. The number of hydrogen-bond donors (Lipinski definition) is 1. The fourth-order valence-corrected chi connectivity index (χ4v) is 3.00. The number of nitrogens with one attached hydrogen (secondary N) is 1. The molecule has 144 valence electrons. The second kappa shape index (κ2) is 8.12. The molecule has 1 saturated heterocycles. The van der Waals surface area contributed by atoms with Crippen LogP contribution in [-0.2, 0) is 16.1 Å². The molecule has 2 aromatic carbocycles. The number of halogens is 1. The van der Waals surface area contributed by atoms with Crippen molar-refractivity contribution < 1.29 is 18.8 Å². The summed E-state index contributed by atoms with van der Waals surface area (Å²) >= 11 is 0. The van der Waals surface area contributed by atoms with Gasteiger partial charge in [-0.2, -0.15) is 0 Å². The maximum Gasteiger partial charge on any atom is 0.335 e. The maximum atomic E-state index is 13.0. The number of carbonyl (C=O) groups is 3. The number of urea groups is 1. The van der Waals surface area contributed by atoms with Crippen LogP contribution in [0.1, 0.15) is 24.5 Å². The largest absolute Gasteiger partial charge is 0.335 e. The highest BCUT2D eigenvalue weighted by atomic mass is 19.1. The number of aliphatic imine (C=N–C) groups is 1. The molecular formula is C21H20FN3O3. The highest BCUT2D eigenvalue weighted by molar-refractivity contribution is 6.35. The van der Waals surface area contributed by atoms with Crippen LogP contribution < -0.4 is 10.2 Å². The van der Waals surface area contributed by atoms with E-state index in [0.29, 0.717) is 17.8 Å². The molecule has 1 fully saturated rings. The number of aryl methyl sites for hydroxylation is 1. The quantitative estimate of drug-likeness (QED) is 0.637. The molecule has 0 spiro atoms. The Morgan fingerprint density at radius 3 is 2.32 bits per heavy atom. The van der Waals surface area contributed by atoms with Gasteiger partial charge in [-0.25, -0.2) is 14.1 Å². The van der Waals surface area contributed by atoms with E-state index in [4.69, 9.17) is 0 Å². The van der Waals surface area contributed by atoms with Crippen molar-refractivity contribution in [3.05, 3.63) is 65.5 Å². The van der Waals surface area contributed by atoms with E-state index in [0.717, 1.165) is 16.0 Å². The molecule has 6 nitrogen and oxygen atoms in total. The average molecular weight is 381 g/mol. The highest BCUT2D eigenvalue weighted by Crippen LogP contribution is 2.23. The van der Waals surface area contributed by atoms with Crippen molar-refractivity contribution in [2.24, 2.45) is 10.9 Å². The van der Waals surface area contributed by atoms with Crippen molar-refractivity contribution in [3.63, 3.8) is 0 Å². The van der Waals surface area contributed by atoms with Crippen LogP contribution in [0.15, 0.2) is 53.5 Å². The highest BCUT2D eigenvalue weighted by Gasteiger charge is 2.43. The molecule has 7 heteroatoms. The SMILES string of the molecule is CCC(=NCc1ccc(F)cc1)C1C(=O)NC(=O)N(c2ccc(C)cc2)C1=O. The van der Waals surface area contributed by atoms with E-state index in [1.165, 1.54) is 12.1 Å². The Hall–Kier alpha value is -3.35. The lowest BCUT2D eigenvalue weighted by Gasteiger charge is -2.30. The molecule has 1 N–H and O–H groups in total. The Bertz CT molecular complexity index is 936. The lowest BCUT2D eigenvalue weighted by atomic mass is 9.96. The van der Waals surface area contributed by atoms with Gasteiger partial charge in [0.05, 0.1) is 12.2 Å². The summed E-state index contributed by atoms with van der Waals surface area (Å²) in [6, 6.07) is 11.9. The monoisotopic (exact) mass is 381 g/mol. The molecular weight excluding hydrogens is 361 g/mol. The van der Waals surface area contributed by atoms with Gasteiger partial charge in [0.15, 0.2) is 5.92 Å². The minimum absolute atomic E-state index is 0.207. The van der Waals surface area contributed by atoms with Gasteiger partial charge < -0.3 is 0 Å². The Labute approximate surface area is 162 Å². The van der Waals surface area contributed by atoms with Crippen LogP contribution in [0.2, 0.25) is 0 Å². The van der Waals surface area contributed by atoms with Gasteiger partial charge in [-0.3, -0.25) is 19.9 Å². The summed E-state index contributed by atoms with van der Waals surface area (Å²) in [5.74, 6) is -2.84. The number of carbonyl (C=O) groups excluding carboxylic acids is 3. The first-order valence-electron chi connectivity index (χ1n) is 8.93. The summed E-state index contributed by atoms with van der Waals surface area (Å²) in [6.07, 6.45) is 0.362. The van der Waals surface area contributed by atoms with Crippen molar-refractivity contribution in [2.45, 2.75) is 26.8 Å². The summed E-state index contributed by atoms with van der Waals surface area (Å²) in [5, 5.41) is 2.24. The Kier molecular flexibility index (Phi) is 5.63. The van der Waals surface area contributed by atoms with Crippen LogP contribution in [0.3, 0.4) is 0 Å². The summed E-state index contributed by atoms with van der Waals surface area (Å²) in [6.45, 7) is 3.89. The van der Waals surface area contributed by atoms with Crippen LogP contribution in [0.4, 0.5) is 14.9 Å². The average Bonchev–Trinajstić information content (AvgIpc) is 2.67. The third-order valence-corrected chi connectivity index (χ3v) is 4.53. The van der Waals surface area contributed by atoms with Gasteiger partial charge in [0.2, 0.25) is 5.91 Å². The summed E-state index contributed by atoms with van der Waals surface area (Å²) < 4.78 is 13.0. The first kappa shape index (κ1) is 19.4. The first-order chi connectivity index (χ1) is 13.4. The number of imide groups is 2. The summed E-state index contributed by atoms with van der Waals surface area (Å²) in [4.78, 5) is 43.0. The molecule has 1 heterocycles. The van der Waals surface area contributed by atoms with E-state index in [9.17, 15) is 18.8 Å². The third kappa shape index (κ3) is 3.98. The van der Waals surface area contributed by atoms with E-state index in [-0.39, 0.29) is 12.4 Å². The van der Waals surface area contributed by atoms with Crippen molar-refractivity contribution in [1.82, 2.24) is 5.32 Å². The van der Waals surface area contributed by atoms with E-state index in [1.54, 1.807) is 43.3 Å². The number of rotatable bonds is 5. The number of nitrogens with zero attached hydrogens (tertiary/aromatic N) is 2. The number of amides is 4. The summed E-state index contributed by atoms with van der Waals surface area (Å²) in [5.41, 5.74) is 2.50. The number of hydrogen-bond acceptors (Lipinski definition) is 4. The number of benzene rings is 2. The zero-order chi connectivity index (χ0) is 20.3. The predicted octanol–water partition coefficient (Wildman–Crippen LogP) is 3.38. The minimum Gasteiger partial charge on any atom is -0.288 e. The summed E-state index contributed by atoms with van der Waals surface area (Å²) in [7, 11) is 0. The van der Waals surface area contributed by atoms with Crippen LogP contribution in [0, 0.1) is 18.7 Å². The first-order valence-corrected chi connectivity index (χ1v) is 8.93. The molecule has 0 aliphatic carbocycles. The van der Waals surface area contributed by atoms with E-state index in [2.05, 4.69) is 10.3 Å². The molecule has 4 amide bonds. The van der Waals surface area contributed by atoms with Crippen LogP contribution in [0.25, 0.3) is 0 Å². The van der Waals surface area contributed by atoms with Crippen LogP contribution in [0.5, 0.6) is 0 Å². The number of anilines is 1. The van der Waals surface area contributed by atoms with Crippen molar-refractivity contribution in [1.29, 1.82) is 0 Å². The van der Waals surface area contributed by atoms with Crippen molar-refractivity contribution in [3.8, 4) is 0 Å². The molecule has 1 atom stereocenters. The Morgan fingerprint density at radius 1 is 1.07 bits per heavy atom. The second-order valence-corrected chi connectivity index (χ2v) is 6.52. The molecule has 3 rings (SSSR count). The predicted molar refractivity (Wildman–Crippen MR) is 104 cm³/mol. The molecule has 28 heavy (non-hydrogen) atoms. The standard InChI is InChI=1S/C21H20FN3O3/c1-3-17(23-12-14-6-8-15(22)9-7-14)18-19(26)24-21(28)25(20(18)27)16-10-4-13(2)5-11-16/h4-11,18H,3,12H2,1-2H3,(H,24,26,28). The van der Waals surface area contributed by atoms with E-state index in [1.807, 2.05) is 6.92 Å². The van der Waals surface area contributed by atoms with Gasteiger partial charge in [-0.1, -0.05) is 36.8 Å². The normalized spacial score (nSPS) is 17.7. The third-order valence-electron chi connectivity index (χ3n) is 4.53. The number of barbiturate groups is 1. The van der Waals surface area contributed by atoms with Gasteiger partial charge in [-0.15, -0.1) is 0 Å². The van der Waals surface area contributed by atoms with Gasteiger partial charge in [0, 0.05) is 5.71 Å². The molecule has 1 unspecified atom stereocenters. The topological polar surface area (TPSA) is 78.8 Å². The van der Waals surface area contributed by atoms with Gasteiger partial charge >= 0.3 is 6.03 Å². The zero-order valence-corrected chi connectivity index (χ0v) is 15.6. The van der Waals surface area contributed by atoms with Crippen molar-refractivity contribution >= 4 is 29.2 Å². The van der Waals surface area contributed by atoms with Crippen molar-refractivity contribution in [2.75, 3.05) is 4.90 Å². The minimum atomic E-state index is -1.18. The molecule has 2 aromatic rings. The van der Waals surface area contributed by atoms with Crippen LogP contribution in [-0.4, -0.2) is 23.6 Å². The van der Waals surface area contributed by atoms with Gasteiger partial charge in [-0.05, 0) is 43.2 Å². The Morgan fingerprint density at radius 2 is 1.71 bits per heavy atom. The molecule has 1 aliphatic heterocycles. The molecule has 0 saturated carbocycles. The van der Waals surface area contributed by atoms with E-state index < -0.39 is 23.8 Å². The van der Waals surface area contributed by atoms with Crippen LogP contribution >= 0.6 is 0 Å². The lowest BCUT2D eigenvalue weighted by Crippen LogP contribution is -2.60.